The number of carbonyl (C=O) groups excluding carboxylic acids is 2. The normalized spacial score (nSPS) is 59.6. The number of esters is 1. The van der Waals surface area contributed by atoms with Gasteiger partial charge >= 0.3 is 5.97 Å². The molecule has 0 amide bonds. The van der Waals surface area contributed by atoms with E-state index in [-0.39, 0.29) is 23.6 Å². The molecule has 0 aromatic rings. The van der Waals surface area contributed by atoms with Gasteiger partial charge in [-0.15, -0.1) is 0 Å². The topological polar surface area (TPSA) is 76.1 Å². The second-order valence-electron chi connectivity index (χ2n) is 6.97. The van der Waals surface area contributed by atoms with E-state index in [0.29, 0.717) is 6.42 Å². The van der Waals surface area contributed by atoms with Gasteiger partial charge in [-0.05, 0) is 32.4 Å². The fourth-order valence-corrected chi connectivity index (χ4v) is 4.81. The molecule has 0 aromatic heterocycles. The minimum Gasteiger partial charge on any atom is -0.458 e. The number of allylic oxidation sites excluding steroid dienone is 1. The summed E-state index contributed by atoms with van der Waals surface area (Å²) in [6, 6.07) is 0. The maximum Gasteiger partial charge on any atom is 0.309 e. The molecule has 4 aliphatic rings. The number of ether oxygens (including phenoxy) is 2. The van der Waals surface area contributed by atoms with Gasteiger partial charge in [0.2, 0.25) is 0 Å². The molecule has 0 unspecified atom stereocenters. The van der Waals surface area contributed by atoms with Crippen LogP contribution in [0, 0.1) is 17.3 Å². The van der Waals surface area contributed by atoms with Gasteiger partial charge in [0, 0.05) is 5.92 Å². The molecule has 7 atom stereocenters. The molecule has 1 saturated carbocycles. The minimum atomic E-state index is -0.832. The van der Waals surface area contributed by atoms with Crippen LogP contribution in [0.1, 0.15) is 27.2 Å². The summed E-state index contributed by atoms with van der Waals surface area (Å²) in [5.74, 6) is -1.02. The lowest BCUT2D eigenvalue weighted by Crippen LogP contribution is -2.63. The van der Waals surface area contributed by atoms with Crippen molar-refractivity contribution in [3.05, 3.63) is 12.2 Å². The maximum absolute atomic E-state index is 12.4. The standard InChI is InChI=1S/C15H18O5/c1-7-10-8(16)6-13(2)9(17)4-5-14(3)15(13,20-14)11(10)19-12(7)18/h4-5,7-8,10-11,16H,6H2,1-3H3/t7-,8-,10+,11-,13-,14+,15-/m0/s1. The summed E-state index contributed by atoms with van der Waals surface area (Å²) >= 11 is 0. The first-order valence-electron chi connectivity index (χ1n) is 7.09. The molecule has 0 aromatic carbocycles. The molecular formula is C15H18O5. The third-order valence-corrected chi connectivity index (χ3v) is 5.99. The molecule has 2 aliphatic carbocycles. The summed E-state index contributed by atoms with van der Waals surface area (Å²) in [4.78, 5) is 24.3. The maximum atomic E-state index is 12.4. The van der Waals surface area contributed by atoms with Crippen molar-refractivity contribution in [1.82, 2.24) is 0 Å². The second kappa shape index (κ2) is 3.17. The highest BCUT2D eigenvalue weighted by atomic mass is 16.7. The van der Waals surface area contributed by atoms with Crippen LogP contribution in [0.5, 0.6) is 0 Å². The van der Waals surface area contributed by atoms with Crippen LogP contribution in [-0.4, -0.2) is 40.3 Å². The molecule has 2 aliphatic heterocycles. The highest BCUT2D eigenvalue weighted by Crippen LogP contribution is 2.70. The number of hydrogen-bond acceptors (Lipinski definition) is 5. The Morgan fingerprint density at radius 2 is 2.05 bits per heavy atom. The Morgan fingerprint density at radius 3 is 2.75 bits per heavy atom. The minimum absolute atomic E-state index is 0.0550. The quantitative estimate of drug-likeness (QED) is 0.519. The molecule has 108 valence electrons. The largest absolute Gasteiger partial charge is 0.458 e. The van der Waals surface area contributed by atoms with Crippen LogP contribution in [0.3, 0.4) is 0 Å². The number of rotatable bonds is 0. The number of fused-ring (bicyclic) bond motifs is 1. The Morgan fingerprint density at radius 1 is 1.35 bits per heavy atom. The average Bonchev–Trinajstić information content (AvgIpc) is 2.90. The van der Waals surface area contributed by atoms with E-state index >= 15 is 0 Å². The first-order valence-corrected chi connectivity index (χ1v) is 7.09. The summed E-state index contributed by atoms with van der Waals surface area (Å²) in [6.07, 6.45) is 2.35. The first-order chi connectivity index (χ1) is 9.27. The summed E-state index contributed by atoms with van der Waals surface area (Å²) in [5.41, 5.74) is -2.22. The van der Waals surface area contributed by atoms with E-state index in [9.17, 15) is 14.7 Å². The van der Waals surface area contributed by atoms with Gasteiger partial charge in [0.05, 0.1) is 17.4 Å². The van der Waals surface area contributed by atoms with Gasteiger partial charge in [0.15, 0.2) is 11.4 Å². The zero-order valence-corrected chi connectivity index (χ0v) is 11.8. The van der Waals surface area contributed by atoms with Gasteiger partial charge in [0.1, 0.15) is 11.7 Å². The Balaban J connectivity index is 1.90. The van der Waals surface area contributed by atoms with E-state index in [1.165, 1.54) is 0 Å². The van der Waals surface area contributed by atoms with E-state index in [4.69, 9.17) is 9.47 Å². The lowest BCUT2D eigenvalue weighted by Gasteiger charge is -2.48. The van der Waals surface area contributed by atoms with Crippen LogP contribution < -0.4 is 0 Å². The van der Waals surface area contributed by atoms with Crippen molar-refractivity contribution in [2.45, 2.75) is 50.6 Å². The molecule has 3 fully saturated rings. The molecule has 1 N–H and O–H groups in total. The highest BCUT2D eigenvalue weighted by Gasteiger charge is 2.85. The fourth-order valence-electron chi connectivity index (χ4n) is 4.81. The van der Waals surface area contributed by atoms with Crippen LogP contribution in [-0.2, 0) is 19.1 Å². The van der Waals surface area contributed by atoms with E-state index in [1.54, 1.807) is 19.1 Å². The number of aliphatic hydroxyl groups is 1. The third-order valence-electron chi connectivity index (χ3n) is 5.99. The van der Waals surface area contributed by atoms with Crippen molar-refractivity contribution >= 4 is 11.8 Å². The monoisotopic (exact) mass is 278 g/mol. The average molecular weight is 278 g/mol. The molecule has 1 spiro atoms. The number of epoxide rings is 1. The van der Waals surface area contributed by atoms with Crippen molar-refractivity contribution in [3.8, 4) is 0 Å². The number of ketones is 1. The lowest BCUT2D eigenvalue weighted by molar-refractivity contribution is -0.161. The van der Waals surface area contributed by atoms with E-state index in [2.05, 4.69) is 0 Å². The molecule has 0 radical (unpaired) electrons. The Hall–Kier alpha value is -1.20. The van der Waals surface area contributed by atoms with Crippen LogP contribution in [0.4, 0.5) is 0 Å². The predicted molar refractivity (Wildman–Crippen MR) is 67.6 cm³/mol. The lowest BCUT2D eigenvalue weighted by atomic mass is 9.53. The molecular weight excluding hydrogens is 260 g/mol. The van der Waals surface area contributed by atoms with Crippen molar-refractivity contribution < 1.29 is 24.2 Å². The van der Waals surface area contributed by atoms with Crippen molar-refractivity contribution in [2.75, 3.05) is 0 Å². The smallest absolute Gasteiger partial charge is 0.309 e. The van der Waals surface area contributed by atoms with Gasteiger partial charge in [-0.2, -0.15) is 0 Å². The van der Waals surface area contributed by atoms with E-state index in [1.807, 2.05) is 13.8 Å². The summed E-state index contributed by atoms with van der Waals surface area (Å²) < 4.78 is 11.5. The van der Waals surface area contributed by atoms with Gasteiger partial charge < -0.3 is 14.6 Å². The predicted octanol–water partition coefficient (Wildman–Crippen LogP) is 0.602. The molecule has 2 heterocycles. The SMILES string of the molecule is C[C@@H]1C(=O)O[C@H]2[C@H]1[C@@H](O)C[C@@]1(C)C(=O)C=C[C@@]3(C)O[C@]231. The van der Waals surface area contributed by atoms with Crippen molar-refractivity contribution in [2.24, 2.45) is 17.3 Å². The third kappa shape index (κ3) is 1.03. The summed E-state index contributed by atoms with van der Waals surface area (Å²) in [6.45, 7) is 5.51. The fraction of sp³-hybridized carbons (Fsp3) is 0.733. The van der Waals surface area contributed by atoms with Crippen LogP contribution in [0.15, 0.2) is 12.2 Å². The molecule has 4 rings (SSSR count). The molecule has 5 nitrogen and oxygen atoms in total. The van der Waals surface area contributed by atoms with Gasteiger partial charge in [0.25, 0.3) is 0 Å². The number of aliphatic hydroxyl groups excluding tert-OH is 1. The van der Waals surface area contributed by atoms with Crippen LogP contribution in [0.2, 0.25) is 0 Å². The zero-order chi connectivity index (χ0) is 14.5. The number of hydrogen-bond donors (Lipinski definition) is 1. The Kier molecular flexibility index (Phi) is 1.99. The summed E-state index contributed by atoms with van der Waals surface area (Å²) in [7, 11) is 0. The van der Waals surface area contributed by atoms with E-state index in [0.717, 1.165) is 0 Å². The van der Waals surface area contributed by atoms with Crippen LogP contribution >= 0.6 is 0 Å². The Bertz CT molecular complexity index is 569. The van der Waals surface area contributed by atoms with Gasteiger partial charge in [-0.1, -0.05) is 6.92 Å². The van der Waals surface area contributed by atoms with Crippen molar-refractivity contribution in [1.29, 1.82) is 0 Å². The molecule has 20 heavy (non-hydrogen) atoms. The molecule has 0 bridgehead atoms. The zero-order valence-electron chi connectivity index (χ0n) is 11.8. The Labute approximate surface area is 116 Å². The second-order valence-corrected chi connectivity index (χ2v) is 6.97. The molecule has 2 saturated heterocycles. The molecule has 5 heteroatoms. The van der Waals surface area contributed by atoms with Gasteiger partial charge in [-0.25, -0.2) is 0 Å². The summed E-state index contributed by atoms with van der Waals surface area (Å²) in [5, 5.41) is 10.4. The van der Waals surface area contributed by atoms with Gasteiger partial charge in [-0.3, -0.25) is 9.59 Å². The van der Waals surface area contributed by atoms with E-state index < -0.39 is 28.8 Å². The first kappa shape index (κ1) is 12.5. The highest BCUT2D eigenvalue weighted by molar-refractivity contribution is 5.99. The van der Waals surface area contributed by atoms with Crippen molar-refractivity contribution in [3.63, 3.8) is 0 Å². The van der Waals surface area contributed by atoms with Crippen LogP contribution in [0.25, 0.3) is 0 Å². The number of carbonyl (C=O) groups is 2.